The van der Waals surface area contributed by atoms with Crippen molar-refractivity contribution in [2.75, 3.05) is 4.90 Å². The summed E-state index contributed by atoms with van der Waals surface area (Å²) in [7, 11) is 0. The van der Waals surface area contributed by atoms with Crippen molar-refractivity contribution in [3.05, 3.63) is 176 Å². The molecule has 1 heterocycles. The highest BCUT2D eigenvalue weighted by atomic mass is 16.3. The van der Waals surface area contributed by atoms with Gasteiger partial charge in [-0.2, -0.15) is 0 Å². The molecule has 44 heavy (non-hydrogen) atoms. The van der Waals surface area contributed by atoms with E-state index < -0.39 is 0 Å². The Kier molecular flexibility index (Phi) is 4.70. The fraction of sp³-hybridized carbons (Fsp3) is 0. The standard InChI is InChI=1S/C42H29NO/c1-3-9-30(10-4-1)32-15-22-36(23-16-32)43(37-24-17-33(18-25-37)31-11-5-2-6-12-31)38-26-19-34(20-27-38)35-21-28-40-39-13-7-8-14-41(39)44-42(40)29-35/h1-29H/i15D,16D,17D,18D,22D,23D,24D,25D. The Hall–Kier alpha value is -5.86. The van der Waals surface area contributed by atoms with Crippen molar-refractivity contribution in [1.29, 1.82) is 0 Å². The molecule has 0 aliphatic heterocycles. The van der Waals surface area contributed by atoms with E-state index in [9.17, 15) is 5.48 Å². The molecule has 0 radical (unpaired) electrons. The number of benzene rings is 7. The van der Waals surface area contributed by atoms with Crippen LogP contribution in [0.25, 0.3) is 55.3 Å². The molecule has 8 aromatic rings. The molecule has 0 saturated carbocycles. The van der Waals surface area contributed by atoms with Gasteiger partial charge in [0.2, 0.25) is 0 Å². The van der Waals surface area contributed by atoms with Crippen LogP contribution in [-0.2, 0) is 0 Å². The normalized spacial score (nSPS) is 13.7. The van der Waals surface area contributed by atoms with Crippen molar-refractivity contribution < 1.29 is 15.4 Å². The maximum absolute atomic E-state index is 9.22. The molecule has 0 unspecified atom stereocenters. The molecular formula is C42H29NO. The number of nitrogens with zero attached hydrogens (tertiary/aromatic N) is 1. The number of anilines is 3. The molecular weight excluding hydrogens is 534 g/mol. The van der Waals surface area contributed by atoms with Gasteiger partial charge in [-0.25, -0.2) is 0 Å². The zero-order chi connectivity index (χ0) is 36.3. The van der Waals surface area contributed by atoms with E-state index in [0.29, 0.717) is 16.8 Å². The summed E-state index contributed by atoms with van der Waals surface area (Å²) in [4.78, 5) is 1.32. The van der Waals surface area contributed by atoms with Gasteiger partial charge in [-0.15, -0.1) is 0 Å². The van der Waals surface area contributed by atoms with E-state index in [1.54, 1.807) is 72.8 Å². The number of hydrogen-bond acceptors (Lipinski definition) is 2. The third kappa shape index (κ3) is 4.83. The summed E-state index contributed by atoms with van der Waals surface area (Å²) in [5.41, 5.74) is 4.42. The number of fused-ring (bicyclic) bond motifs is 3. The average molecular weight is 572 g/mol. The Labute approximate surface area is 268 Å². The summed E-state index contributed by atoms with van der Waals surface area (Å²) in [6.45, 7) is 0. The molecule has 8 rings (SSSR count). The van der Waals surface area contributed by atoms with Crippen LogP contribution in [0.1, 0.15) is 11.0 Å². The van der Waals surface area contributed by atoms with E-state index in [-0.39, 0.29) is 70.8 Å². The molecule has 0 bridgehead atoms. The smallest absolute Gasteiger partial charge is 0.136 e. The Balaban J connectivity index is 1.33. The maximum atomic E-state index is 9.22. The van der Waals surface area contributed by atoms with Crippen LogP contribution >= 0.6 is 0 Å². The lowest BCUT2D eigenvalue weighted by atomic mass is 10.0. The first-order valence-corrected chi connectivity index (χ1v) is 14.3. The second kappa shape index (κ2) is 11.1. The summed E-state index contributed by atoms with van der Waals surface area (Å²) in [6.07, 6.45) is 0. The predicted molar refractivity (Wildman–Crippen MR) is 185 cm³/mol. The van der Waals surface area contributed by atoms with Crippen LogP contribution in [-0.4, -0.2) is 0 Å². The summed E-state index contributed by atoms with van der Waals surface area (Å²) >= 11 is 0. The molecule has 208 valence electrons. The van der Waals surface area contributed by atoms with E-state index in [4.69, 9.17) is 9.90 Å². The van der Waals surface area contributed by atoms with Crippen molar-refractivity contribution in [2.24, 2.45) is 0 Å². The molecule has 0 spiro atoms. The molecule has 2 heteroatoms. The monoisotopic (exact) mass is 571 g/mol. The van der Waals surface area contributed by atoms with Crippen LogP contribution in [0.15, 0.2) is 180 Å². The van der Waals surface area contributed by atoms with Crippen molar-refractivity contribution in [3.8, 4) is 33.4 Å². The lowest BCUT2D eigenvalue weighted by Gasteiger charge is -2.26. The van der Waals surface area contributed by atoms with Gasteiger partial charge >= 0.3 is 0 Å². The SMILES string of the molecule is [2H]c1c([2H])c(N(c2ccc(-c3ccc4c(c3)oc3ccccc34)cc2)c2c([2H])c([2H])c(-c3ccccc3)c([2H])c2[2H])c([2H])c([2H])c1-c1ccccc1. The highest BCUT2D eigenvalue weighted by Gasteiger charge is 2.14. The Morgan fingerprint density at radius 1 is 0.364 bits per heavy atom. The lowest BCUT2D eigenvalue weighted by Crippen LogP contribution is -2.09. The second-order valence-corrected chi connectivity index (χ2v) is 10.4. The minimum absolute atomic E-state index is 0.120. The van der Waals surface area contributed by atoms with Gasteiger partial charge in [-0.05, 0) is 87.9 Å². The quantitative estimate of drug-likeness (QED) is 0.197. The fourth-order valence-corrected chi connectivity index (χ4v) is 5.41. The van der Waals surface area contributed by atoms with Gasteiger partial charge < -0.3 is 9.32 Å². The van der Waals surface area contributed by atoms with Crippen LogP contribution in [0.5, 0.6) is 0 Å². The average Bonchev–Trinajstić information content (AvgIpc) is 3.55. The summed E-state index contributed by atoms with van der Waals surface area (Å²) in [6, 6.07) is 35.7. The molecule has 0 saturated heterocycles. The fourth-order valence-electron chi connectivity index (χ4n) is 5.41. The van der Waals surface area contributed by atoms with E-state index in [1.807, 2.05) is 54.6 Å². The Morgan fingerprint density at radius 2 is 0.841 bits per heavy atom. The molecule has 0 atom stereocenters. The van der Waals surface area contributed by atoms with Crippen LogP contribution < -0.4 is 4.90 Å². The van der Waals surface area contributed by atoms with Crippen LogP contribution in [0.2, 0.25) is 0 Å². The largest absolute Gasteiger partial charge is 0.456 e. The number of para-hydroxylation sites is 1. The number of hydrogen-bond donors (Lipinski definition) is 0. The van der Waals surface area contributed by atoms with Crippen molar-refractivity contribution in [2.45, 2.75) is 0 Å². The van der Waals surface area contributed by atoms with Crippen molar-refractivity contribution >= 4 is 39.0 Å². The Bertz CT molecular complexity index is 2490. The zero-order valence-corrected chi connectivity index (χ0v) is 23.5. The minimum atomic E-state index is -0.386. The summed E-state index contributed by atoms with van der Waals surface area (Å²) in [5.74, 6) is 0. The first kappa shape index (κ1) is 18.6. The molecule has 0 amide bonds. The first-order valence-electron chi connectivity index (χ1n) is 18.3. The highest BCUT2D eigenvalue weighted by molar-refractivity contribution is 6.05. The van der Waals surface area contributed by atoms with Crippen LogP contribution in [0, 0.1) is 0 Å². The first-order chi connectivity index (χ1) is 25.2. The van der Waals surface area contributed by atoms with Crippen molar-refractivity contribution in [1.82, 2.24) is 0 Å². The highest BCUT2D eigenvalue weighted by Crippen LogP contribution is 2.38. The second-order valence-electron chi connectivity index (χ2n) is 10.4. The zero-order valence-electron chi connectivity index (χ0n) is 31.5. The molecule has 0 fully saturated rings. The van der Waals surface area contributed by atoms with E-state index in [2.05, 4.69) is 0 Å². The summed E-state index contributed by atoms with van der Waals surface area (Å²) in [5, 5.41) is 2.01. The van der Waals surface area contributed by atoms with Gasteiger partial charge in [-0.1, -0.05) is 121 Å². The van der Waals surface area contributed by atoms with Gasteiger partial charge in [0.25, 0.3) is 0 Å². The molecule has 0 aliphatic carbocycles. The molecule has 1 aromatic heterocycles. The lowest BCUT2D eigenvalue weighted by molar-refractivity contribution is 0.669. The van der Waals surface area contributed by atoms with Crippen LogP contribution in [0.3, 0.4) is 0 Å². The topological polar surface area (TPSA) is 16.4 Å². The van der Waals surface area contributed by atoms with Gasteiger partial charge in [0.15, 0.2) is 0 Å². The van der Waals surface area contributed by atoms with Gasteiger partial charge in [0.1, 0.15) is 11.2 Å². The Morgan fingerprint density at radius 3 is 1.43 bits per heavy atom. The van der Waals surface area contributed by atoms with E-state index >= 15 is 0 Å². The van der Waals surface area contributed by atoms with Gasteiger partial charge in [0.05, 0.1) is 11.0 Å². The maximum Gasteiger partial charge on any atom is 0.136 e. The molecule has 0 N–H and O–H groups in total. The third-order valence-electron chi connectivity index (χ3n) is 7.63. The van der Waals surface area contributed by atoms with Gasteiger partial charge in [-0.3, -0.25) is 0 Å². The molecule has 7 aromatic carbocycles. The third-order valence-corrected chi connectivity index (χ3v) is 7.63. The van der Waals surface area contributed by atoms with Crippen molar-refractivity contribution in [3.63, 3.8) is 0 Å². The number of furan rings is 1. The predicted octanol–water partition coefficient (Wildman–Crippen LogP) is 12.1. The van der Waals surface area contributed by atoms with Crippen LogP contribution in [0.4, 0.5) is 17.1 Å². The minimum Gasteiger partial charge on any atom is -0.456 e. The van der Waals surface area contributed by atoms with Gasteiger partial charge in [0, 0.05) is 27.8 Å². The molecule has 0 aliphatic rings. The molecule has 2 nitrogen and oxygen atoms in total. The number of rotatable bonds is 6. The summed E-state index contributed by atoms with van der Waals surface area (Å²) < 4.78 is 79.1. The van der Waals surface area contributed by atoms with E-state index in [0.717, 1.165) is 33.1 Å². The van der Waals surface area contributed by atoms with E-state index in [1.165, 1.54) is 4.90 Å².